The summed E-state index contributed by atoms with van der Waals surface area (Å²) in [6, 6.07) is 15.7. The third-order valence-electron chi connectivity index (χ3n) is 5.24. The van der Waals surface area contributed by atoms with Gasteiger partial charge in [-0.3, -0.25) is 0 Å². The molecule has 0 aliphatic carbocycles. The van der Waals surface area contributed by atoms with Crippen LogP contribution in [0.15, 0.2) is 48.5 Å². The maximum Gasteiger partial charge on any atom is 0.321 e. The van der Waals surface area contributed by atoms with Gasteiger partial charge in [-0.15, -0.1) is 0 Å². The first kappa shape index (κ1) is 19.1. The van der Waals surface area contributed by atoms with Crippen LogP contribution in [0.25, 0.3) is 0 Å². The molecule has 2 aromatic carbocycles. The summed E-state index contributed by atoms with van der Waals surface area (Å²) in [6.07, 6.45) is 4.37. The zero-order chi connectivity index (χ0) is 19.1. The fraction of sp³-hybridized carbons (Fsp3) is 0.409. The number of methoxy groups -OCH3 is 2. The van der Waals surface area contributed by atoms with Crippen molar-refractivity contribution in [3.63, 3.8) is 0 Å². The zero-order valence-electron chi connectivity index (χ0n) is 16.1. The fourth-order valence-electron chi connectivity index (χ4n) is 3.46. The number of amides is 2. The summed E-state index contributed by atoms with van der Waals surface area (Å²) in [5, 5.41) is 2.97. The number of piperidine rings is 1. The minimum Gasteiger partial charge on any atom is -0.497 e. The van der Waals surface area contributed by atoms with E-state index in [1.54, 1.807) is 14.2 Å². The Morgan fingerprint density at radius 3 is 2.07 bits per heavy atom. The Bertz CT molecular complexity index is 720. The van der Waals surface area contributed by atoms with E-state index in [0.717, 1.165) is 49.5 Å². The third kappa shape index (κ3) is 5.39. The molecule has 1 heterocycles. The Morgan fingerprint density at radius 2 is 1.52 bits per heavy atom. The van der Waals surface area contributed by atoms with E-state index < -0.39 is 0 Å². The highest BCUT2D eigenvalue weighted by molar-refractivity contribution is 5.89. The van der Waals surface area contributed by atoms with E-state index >= 15 is 0 Å². The molecule has 5 heteroatoms. The lowest BCUT2D eigenvalue weighted by atomic mass is 9.90. The highest BCUT2D eigenvalue weighted by Gasteiger charge is 2.22. The van der Waals surface area contributed by atoms with Crippen LogP contribution < -0.4 is 14.8 Å². The van der Waals surface area contributed by atoms with Crippen molar-refractivity contribution in [2.24, 2.45) is 5.92 Å². The molecule has 3 rings (SSSR count). The molecule has 0 saturated carbocycles. The van der Waals surface area contributed by atoms with Crippen molar-refractivity contribution >= 4 is 11.7 Å². The molecule has 1 fully saturated rings. The second kappa shape index (κ2) is 9.31. The van der Waals surface area contributed by atoms with E-state index in [9.17, 15) is 4.79 Å². The number of urea groups is 1. The Morgan fingerprint density at radius 1 is 0.963 bits per heavy atom. The molecule has 27 heavy (non-hydrogen) atoms. The van der Waals surface area contributed by atoms with E-state index in [1.165, 1.54) is 12.0 Å². The van der Waals surface area contributed by atoms with Gasteiger partial charge in [-0.25, -0.2) is 4.79 Å². The van der Waals surface area contributed by atoms with Crippen LogP contribution in [0.2, 0.25) is 0 Å². The van der Waals surface area contributed by atoms with Crippen LogP contribution in [0.3, 0.4) is 0 Å². The molecule has 5 nitrogen and oxygen atoms in total. The Hall–Kier alpha value is -2.69. The zero-order valence-corrected chi connectivity index (χ0v) is 16.1. The predicted octanol–water partition coefficient (Wildman–Crippen LogP) is 4.58. The SMILES string of the molecule is COc1ccc(CCC2CCN(C(=O)Nc3ccc(OC)cc3)CC2)cc1. The van der Waals surface area contributed by atoms with Crippen LogP contribution in [0, 0.1) is 5.92 Å². The molecule has 1 saturated heterocycles. The number of carbonyl (C=O) groups is 1. The summed E-state index contributed by atoms with van der Waals surface area (Å²) in [5.74, 6) is 2.36. The van der Waals surface area contributed by atoms with Gasteiger partial charge in [-0.1, -0.05) is 12.1 Å². The first-order chi connectivity index (χ1) is 13.2. The summed E-state index contributed by atoms with van der Waals surface area (Å²) in [4.78, 5) is 14.4. The maximum absolute atomic E-state index is 12.4. The van der Waals surface area contributed by atoms with Gasteiger partial charge in [-0.2, -0.15) is 0 Å². The summed E-state index contributed by atoms with van der Waals surface area (Å²) < 4.78 is 10.3. The molecule has 0 aromatic heterocycles. The van der Waals surface area contributed by atoms with Gasteiger partial charge in [-0.05, 0) is 73.6 Å². The molecule has 0 atom stereocenters. The lowest BCUT2D eigenvalue weighted by molar-refractivity contribution is 0.180. The molecular weight excluding hydrogens is 340 g/mol. The molecule has 0 radical (unpaired) electrons. The highest BCUT2D eigenvalue weighted by Crippen LogP contribution is 2.24. The van der Waals surface area contributed by atoms with Crippen LogP contribution in [0.4, 0.5) is 10.5 Å². The van der Waals surface area contributed by atoms with Gasteiger partial charge in [0, 0.05) is 18.8 Å². The van der Waals surface area contributed by atoms with Crippen molar-refractivity contribution in [1.29, 1.82) is 0 Å². The second-order valence-corrected chi connectivity index (χ2v) is 6.98. The van der Waals surface area contributed by atoms with Crippen molar-refractivity contribution in [1.82, 2.24) is 4.90 Å². The van der Waals surface area contributed by atoms with E-state index in [2.05, 4.69) is 17.4 Å². The maximum atomic E-state index is 12.4. The minimum atomic E-state index is -0.0197. The summed E-state index contributed by atoms with van der Waals surface area (Å²) in [6.45, 7) is 1.63. The molecule has 1 aliphatic rings. The van der Waals surface area contributed by atoms with Crippen molar-refractivity contribution in [2.75, 3.05) is 32.6 Å². The average molecular weight is 368 g/mol. The quantitative estimate of drug-likeness (QED) is 0.812. The number of hydrogen-bond acceptors (Lipinski definition) is 3. The number of likely N-dealkylation sites (tertiary alicyclic amines) is 1. The molecule has 0 bridgehead atoms. The molecule has 0 unspecified atom stereocenters. The van der Waals surface area contributed by atoms with Gasteiger partial charge >= 0.3 is 6.03 Å². The first-order valence-electron chi connectivity index (χ1n) is 9.51. The molecule has 1 N–H and O–H groups in total. The smallest absolute Gasteiger partial charge is 0.321 e. The van der Waals surface area contributed by atoms with Crippen LogP contribution in [0.1, 0.15) is 24.8 Å². The third-order valence-corrected chi connectivity index (χ3v) is 5.24. The van der Waals surface area contributed by atoms with Gasteiger partial charge in [0.1, 0.15) is 11.5 Å². The molecule has 2 amide bonds. The predicted molar refractivity (Wildman–Crippen MR) is 108 cm³/mol. The van der Waals surface area contributed by atoms with E-state index in [1.807, 2.05) is 41.3 Å². The number of rotatable bonds is 6. The Labute approximate surface area is 161 Å². The van der Waals surface area contributed by atoms with Crippen molar-refractivity contribution in [2.45, 2.75) is 25.7 Å². The van der Waals surface area contributed by atoms with Gasteiger partial charge in [0.2, 0.25) is 0 Å². The number of anilines is 1. The van der Waals surface area contributed by atoms with E-state index in [0.29, 0.717) is 5.92 Å². The van der Waals surface area contributed by atoms with Gasteiger partial charge in [0.25, 0.3) is 0 Å². The summed E-state index contributed by atoms with van der Waals surface area (Å²) in [7, 11) is 3.32. The van der Waals surface area contributed by atoms with E-state index in [4.69, 9.17) is 9.47 Å². The number of aryl methyl sites for hydroxylation is 1. The van der Waals surface area contributed by atoms with Crippen molar-refractivity contribution < 1.29 is 14.3 Å². The Kier molecular flexibility index (Phi) is 6.58. The number of nitrogens with one attached hydrogen (secondary N) is 1. The van der Waals surface area contributed by atoms with Gasteiger partial charge in [0.05, 0.1) is 14.2 Å². The van der Waals surface area contributed by atoms with Crippen LogP contribution in [0.5, 0.6) is 11.5 Å². The molecule has 144 valence electrons. The van der Waals surface area contributed by atoms with Crippen LogP contribution in [-0.2, 0) is 6.42 Å². The number of nitrogens with zero attached hydrogens (tertiary/aromatic N) is 1. The average Bonchev–Trinajstić information content (AvgIpc) is 2.73. The second-order valence-electron chi connectivity index (χ2n) is 6.98. The van der Waals surface area contributed by atoms with Gasteiger partial charge < -0.3 is 19.7 Å². The molecule has 0 spiro atoms. The lowest BCUT2D eigenvalue weighted by Gasteiger charge is -2.32. The normalized spacial score (nSPS) is 14.7. The van der Waals surface area contributed by atoms with E-state index in [-0.39, 0.29) is 6.03 Å². The number of benzene rings is 2. The van der Waals surface area contributed by atoms with Crippen molar-refractivity contribution in [3.05, 3.63) is 54.1 Å². The largest absolute Gasteiger partial charge is 0.497 e. The topological polar surface area (TPSA) is 50.8 Å². The van der Waals surface area contributed by atoms with Crippen molar-refractivity contribution in [3.8, 4) is 11.5 Å². The first-order valence-corrected chi connectivity index (χ1v) is 9.51. The monoisotopic (exact) mass is 368 g/mol. The molecular formula is C22H28N2O3. The summed E-state index contributed by atoms with van der Waals surface area (Å²) >= 11 is 0. The number of carbonyl (C=O) groups excluding carboxylic acids is 1. The fourth-order valence-corrected chi connectivity index (χ4v) is 3.46. The number of ether oxygens (including phenoxy) is 2. The lowest BCUT2D eigenvalue weighted by Crippen LogP contribution is -2.41. The summed E-state index contributed by atoms with van der Waals surface area (Å²) in [5.41, 5.74) is 2.14. The molecule has 2 aromatic rings. The van der Waals surface area contributed by atoms with Crippen LogP contribution >= 0.6 is 0 Å². The highest BCUT2D eigenvalue weighted by atomic mass is 16.5. The standard InChI is InChI=1S/C22H28N2O3/c1-26-20-9-5-17(6-10-20)3-4-18-13-15-24(16-14-18)22(25)23-19-7-11-21(27-2)12-8-19/h5-12,18H,3-4,13-16H2,1-2H3,(H,23,25). The van der Waals surface area contributed by atoms with Gasteiger partial charge in [0.15, 0.2) is 0 Å². The van der Waals surface area contributed by atoms with Crippen LogP contribution in [-0.4, -0.2) is 38.2 Å². The molecule has 1 aliphatic heterocycles. The Balaban J connectivity index is 1.41. The number of hydrogen-bond donors (Lipinski definition) is 1. The minimum absolute atomic E-state index is 0.0197.